The lowest BCUT2D eigenvalue weighted by Gasteiger charge is -2.20. The van der Waals surface area contributed by atoms with Gasteiger partial charge in [-0.25, -0.2) is 4.98 Å². The Hall–Kier alpha value is -1.95. The molecule has 120 valence electrons. The van der Waals surface area contributed by atoms with Crippen LogP contribution in [0.2, 0.25) is 5.02 Å². The normalized spacial score (nSPS) is 11.4. The molecule has 0 aromatic carbocycles. The molecule has 0 atom stereocenters. The van der Waals surface area contributed by atoms with Crippen LogP contribution in [-0.4, -0.2) is 37.5 Å². The molecule has 3 heterocycles. The molecule has 6 heteroatoms. The summed E-state index contributed by atoms with van der Waals surface area (Å²) in [4.78, 5) is 11.0. The van der Waals surface area contributed by atoms with Gasteiger partial charge in [-0.2, -0.15) is 0 Å². The maximum atomic E-state index is 9.12. The van der Waals surface area contributed by atoms with E-state index < -0.39 is 0 Å². The maximum absolute atomic E-state index is 9.12. The second-order valence-corrected chi connectivity index (χ2v) is 5.93. The number of aromatic nitrogens is 3. The quantitative estimate of drug-likeness (QED) is 0.723. The van der Waals surface area contributed by atoms with Crippen molar-refractivity contribution in [2.45, 2.75) is 19.5 Å². The summed E-state index contributed by atoms with van der Waals surface area (Å²) in [5, 5.41) is 9.81. The van der Waals surface area contributed by atoms with Crippen molar-refractivity contribution in [3.63, 3.8) is 0 Å². The van der Waals surface area contributed by atoms with Gasteiger partial charge in [0.1, 0.15) is 5.65 Å². The largest absolute Gasteiger partial charge is 0.396 e. The number of aliphatic hydroxyl groups is 1. The summed E-state index contributed by atoms with van der Waals surface area (Å²) in [6.07, 6.45) is 8.23. The monoisotopic (exact) mass is 330 g/mol. The number of rotatable bonds is 7. The van der Waals surface area contributed by atoms with Crippen LogP contribution in [-0.2, 0) is 13.1 Å². The Kier molecular flexibility index (Phi) is 5.23. The first-order valence-electron chi connectivity index (χ1n) is 7.60. The number of pyridine rings is 2. The minimum atomic E-state index is 0.185. The predicted octanol–water partition coefficient (Wildman–Crippen LogP) is 2.77. The van der Waals surface area contributed by atoms with E-state index in [1.807, 2.05) is 41.2 Å². The summed E-state index contributed by atoms with van der Waals surface area (Å²) in [5.74, 6) is 0. The standard InChI is InChI=1S/C17H19ClN4O/c18-15-4-5-17-20-16(13-22(17)11-15)12-21(7-2-8-23)10-14-3-1-6-19-9-14/h1,3-6,9,11,13,23H,2,7-8,10,12H2. The summed E-state index contributed by atoms with van der Waals surface area (Å²) in [5.41, 5.74) is 3.01. The zero-order valence-electron chi connectivity index (χ0n) is 12.8. The number of aliphatic hydroxyl groups excluding tert-OH is 1. The molecule has 3 rings (SSSR count). The molecule has 0 bridgehead atoms. The lowest BCUT2D eigenvalue weighted by molar-refractivity contribution is 0.211. The van der Waals surface area contributed by atoms with Crippen LogP contribution in [0.5, 0.6) is 0 Å². The highest BCUT2D eigenvalue weighted by molar-refractivity contribution is 6.30. The fourth-order valence-corrected chi connectivity index (χ4v) is 2.75. The van der Waals surface area contributed by atoms with Gasteiger partial charge < -0.3 is 9.51 Å². The molecule has 0 unspecified atom stereocenters. The highest BCUT2D eigenvalue weighted by atomic mass is 35.5. The Balaban J connectivity index is 1.75. The predicted molar refractivity (Wildman–Crippen MR) is 90.3 cm³/mol. The van der Waals surface area contributed by atoms with Gasteiger partial charge in [0.25, 0.3) is 0 Å². The summed E-state index contributed by atoms with van der Waals surface area (Å²) < 4.78 is 1.94. The van der Waals surface area contributed by atoms with Crippen LogP contribution in [0.4, 0.5) is 0 Å². The van der Waals surface area contributed by atoms with Gasteiger partial charge in [0.2, 0.25) is 0 Å². The van der Waals surface area contributed by atoms with E-state index in [9.17, 15) is 0 Å². The van der Waals surface area contributed by atoms with E-state index in [2.05, 4.69) is 20.9 Å². The second-order valence-electron chi connectivity index (χ2n) is 5.49. The molecule has 3 aromatic rings. The smallest absolute Gasteiger partial charge is 0.137 e. The minimum absolute atomic E-state index is 0.185. The number of hydrogen-bond donors (Lipinski definition) is 1. The van der Waals surface area contributed by atoms with Crippen molar-refractivity contribution < 1.29 is 5.11 Å². The van der Waals surface area contributed by atoms with Gasteiger partial charge in [-0.15, -0.1) is 0 Å². The van der Waals surface area contributed by atoms with E-state index in [0.29, 0.717) is 11.6 Å². The fourth-order valence-electron chi connectivity index (χ4n) is 2.58. The van der Waals surface area contributed by atoms with Crippen LogP contribution in [0.1, 0.15) is 17.7 Å². The number of fused-ring (bicyclic) bond motifs is 1. The number of halogens is 1. The van der Waals surface area contributed by atoms with Gasteiger partial charge in [-0.1, -0.05) is 17.7 Å². The SMILES string of the molecule is OCCCN(Cc1cccnc1)Cc1cn2cc(Cl)ccc2n1. The molecule has 1 N–H and O–H groups in total. The molecule has 0 radical (unpaired) electrons. The highest BCUT2D eigenvalue weighted by Gasteiger charge is 2.10. The lowest BCUT2D eigenvalue weighted by atomic mass is 10.2. The van der Waals surface area contributed by atoms with Gasteiger partial charge in [0.05, 0.1) is 10.7 Å². The molecule has 0 fully saturated rings. The molecule has 0 aliphatic carbocycles. The van der Waals surface area contributed by atoms with Crippen molar-refractivity contribution in [2.24, 2.45) is 0 Å². The first-order valence-corrected chi connectivity index (χ1v) is 7.97. The number of nitrogens with zero attached hydrogens (tertiary/aromatic N) is 4. The summed E-state index contributed by atoms with van der Waals surface area (Å²) in [6, 6.07) is 7.74. The topological polar surface area (TPSA) is 53.7 Å². The molecular weight excluding hydrogens is 312 g/mol. The number of hydrogen-bond acceptors (Lipinski definition) is 4. The summed E-state index contributed by atoms with van der Waals surface area (Å²) >= 11 is 6.02. The Morgan fingerprint density at radius 3 is 2.87 bits per heavy atom. The fraction of sp³-hybridized carbons (Fsp3) is 0.294. The molecular formula is C17H19ClN4O. The Morgan fingerprint density at radius 1 is 1.17 bits per heavy atom. The van der Waals surface area contributed by atoms with E-state index in [4.69, 9.17) is 16.7 Å². The zero-order valence-corrected chi connectivity index (χ0v) is 13.5. The van der Waals surface area contributed by atoms with Crippen LogP contribution in [0, 0.1) is 0 Å². The van der Waals surface area contributed by atoms with Crippen molar-refractivity contribution in [3.05, 3.63) is 65.3 Å². The highest BCUT2D eigenvalue weighted by Crippen LogP contribution is 2.14. The third-order valence-corrected chi connectivity index (χ3v) is 3.84. The molecule has 0 amide bonds. The zero-order chi connectivity index (χ0) is 16.1. The van der Waals surface area contributed by atoms with E-state index in [0.717, 1.165) is 36.4 Å². The molecule has 23 heavy (non-hydrogen) atoms. The average molecular weight is 331 g/mol. The van der Waals surface area contributed by atoms with E-state index in [1.165, 1.54) is 0 Å². The van der Waals surface area contributed by atoms with Crippen molar-refractivity contribution >= 4 is 17.2 Å². The van der Waals surface area contributed by atoms with E-state index in [1.54, 1.807) is 6.20 Å². The third kappa shape index (κ3) is 4.28. The van der Waals surface area contributed by atoms with Crippen molar-refractivity contribution in [2.75, 3.05) is 13.2 Å². The van der Waals surface area contributed by atoms with Crippen LogP contribution in [0.15, 0.2) is 49.1 Å². The Bertz CT molecular complexity index is 760. The van der Waals surface area contributed by atoms with Crippen molar-refractivity contribution in [3.8, 4) is 0 Å². The summed E-state index contributed by atoms with van der Waals surface area (Å²) in [7, 11) is 0. The number of imidazole rings is 1. The van der Waals surface area contributed by atoms with Crippen molar-refractivity contribution in [1.82, 2.24) is 19.3 Å². The molecule has 0 aliphatic heterocycles. The molecule has 0 spiro atoms. The lowest BCUT2D eigenvalue weighted by Crippen LogP contribution is -2.25. The Labute approximate surface area is 140 Å². The van der Waals surface area contributed by atoms with E-state index >= 15 is 0 Å². The van der Waals surface area contributed by atoms with Gasteiger partial charge in [-0.05, 0) is 30.2 Å². The molecule has 3 aromatic heterocycles. The van der Waals surface area contributed by atoms with Crippen molar-refractivity contribution in [1.29, 1.82) is 0 Å². The summed E-state index contributed by atoms with van der Waals surface area (Å²) in [6.45, 7) is 2.49. The second kappa shape index (κ2) is 7.55. The first-order chi connectivity index (χ1) is 11.2. The molecule has 0 aliphatic rings. The van der Waals surface area contributed by atoms with Gasteiger partial charge in [-0.3, -0.25) is 9.88 Å². The average Bonchev–Trinajstić information content (AvgIpc) is 2.95. The van der Waals surface area contributed by atoms with E-state index in [-0.39, 0.29) is 6.61 Å². The van der Waals surface area contributed by atoms with Gasteiger partial charge in [0, 0.05) is 51.0 Å². The third-order valence-electron chi connectivity index (χ3n) is 3.61. The molecule has 5 nitrogen and oxygen atoms in total. The van der Waals surface area contributed by atoms with Crippen LogP contribution >= 0.6 is 11.6 Å². The molecule has 0 saturated carbocycles. The van der Waals surface area contributed by atoms with Gasteiger partial charge >= 0.3 is 0 Å². The minimum Gasteiger partial charge on any atom is -0.396 e. The van der Waals surface area contributed by atoms with Gasteiger partial charge in [0.15, 0.2) is 0 Å². The molecule has 0 saturated heterocycles. The first kappa shape index (κ1) is 15.9. The van der Waals surface area contributed by atoms with Crippen LogP contribution in [0.3, 0.4) is 0 Å². The van der Waals surface area contributed by atoms with Crippen LogP contribution < -0.4 is 0 Å². The Morgan fingerprint density at radius 2 is 2.09 bits per heavy atom. The van der Waals surface area contributed by atoms with Crippen LogP contribution in [0.25, 0.3) is 5.65 Å². The maximum Gasteiger partial charge on any atom is 0.137 e.